The van der Waals surface area contributed by atoms with Crippen LogP contribution in [0.15, 0.2) is 36.4 Å². The first-order chi connectivity index (χ1) is 14.0. The summed E-state index contributed by atoms with van der Waals surface area (Å²) in [7, 11) is 0. The van der Waals surface area contributed by atoms with Gasteiger partial charge in [0.05, 0.1) is 11.0 Å². The van der Waals surface area contributed by atoms with Gasteiger partial charge in [-0.15, -0.1) is 0 Å². The number of nitrogens with one attached hydrogen (secondary N) is 2. The highest BCUT2D eigenvalue weighted by Crippen LogP contribution is 2.35. The van der Waals surface area contributed by atoms with Crippen molar-refractivity contribution in [2.75, 3.05) is 26.4 Å². The third-order valence-corrected chi connectivity index (χ3v) is 5.67. The lowest BCUT2D eigenvalue weighted by Crippen LogP contribution is -2.51. The van der Waals surface area contributed by atoms with Gasteiger partial charge in [0.2, 0.25) is 5.91 Å². The molecule has 0 bridgehead atoms. The Balaban J connectivity index is 1.86. The summed E-state index contributed by atoms with van der Waals surface area (Å²) in [6.07, 6.45) is 6.81. The number of carbonyl (C=O) groups is 2. The maximum Gasteiger partial charge on any atom is 0.255 e. The largest absolute Gasteiger partial charge is 0.489 e. The minimum atomic E-state index is -0.462. The molecule has 2 amide bonds. The molecule has 2 heterocycles. The molecular formula is C23H32N2O4. The van der Waals surface area contributed by atoms with E-state index in [0.29, 0.717) is 62.9 Å². The SMILES string of the molecule is CC(C)C[C@H]1CNC(=O)c2ccccc2OC/C=C/CC2(CCOCC2)C(=O)N1. The zero-order valence-corrected chi connectivity index (χ0v) is 17.4. The molecule has 2 N–H and O–H groups in total. The normalized spacial score (nSPS) is 24.0. The number of fused-ring (bicyclic) bond motifs is 1. The fourth-order valence-electron chi connectivity index (χ4n) is 3.99. The van der Waals surface area contributed by atoms with E-state index in [0.717, 1.165) is 6.42 Å². The van der Waals surface area contributed by atoms with E-state index in [2.05, 4.69) is 24.5 Å². The van der Waals surface area contributed by atoms with Crippen LogP contribution in [-0.2, 0) is 9.53 Å². The van der Waals surface area contributed by atoms with Gasteiger partial charge in [0, 0.05) is 25.8 Å². The topological polar surface area (TPSA) is 76.7 Å². The second kappa shape index (κ2) is 9.92. The fourth-order valence-corrected chi connectivity index (χ4v) is 3.99. The minimum Gasteiger partial charge on any atom is -0.489 e. The Kier molecular flexibility index (Phi) is 7.31. The highest BCUT2D eigenvalue weighted by atomic mass is 16.5. The first kappa shape index (κ1) is 21.4. The van der Waals surface area contributed by atoms with Gasteiger partial charge in [-0.05, 0) is 43.7 Å². The second-order valence-electron chi connectivity index (χ2n) is 8.39. The molecule has 6 nitrogen and oxygen atoms in total. The molecule has 0 aliphatic carbocycles. The fraction of sp³-hybridized carbons (Fsp3) is 0.565. The van der Waals surface area contributed by atoms with E-state index in [1.807, 2.05) is 30.4 Å². The van der Waals surface area contributed by atoms with E-state index in [-0.39, 0.29) is 17.9 Å². The molecule has 1 fully saturated rings. The standard InChI is InChI=1S/C23H32N2O4/c1-17(2)15-18-16-24-21(26)19-7-3-4-8-20(19)29-12-6-5-9-23(22(27)25-18)10-13-28-14-11-23/h3-8,17-18H,9-16H2,1-2H3,(H,24,26)(H,25,27)/b6-5+/t18-/m0/s1. The van der Waals surface area contributed by atoms with Crippen LogP contribution in [0.4, 0.5) is 0 Å². The van der Waals surface area contributed by atoms with Crippen LogP contribution in [0.3, 0.4) is 0 Å². The van der Waals surface area contributed by atoms with Crippen molar-refractivity contribution in [3.05, 3.63) is 42.0 Å². The summed E-state index contributed by atoms with van der Waals surface area (Å²) in [5.41, 5.74) is 0.0456. The van der Waals surface area contributed by atoms with Crippen molar-refractivity contribution in [2.45, 2.75) is 45.6 Å². The molecule has 0 radical (unpaired) electrons. The van der Waals surface area contributed by atoms with Crippen molar-refractivity contribution in [1.82, 2.24) is 10.6 Å². The smallest absolute Gasteiger partial charge is 0.255 e. The summed E-state index contributed by atoms with van der Waals surface area (Å²) >= 11 is 0. The summed E-state index contributed by atoms with van der Waals surface area (Å²) in [6.45, 7) is 6.17. The maximum absolute atomic E-state index is 13.3. The number of para-hydroxylation sites is 1. The van der Waals surface area contributed by atoms with Gasteiger partial charge in [-0.3, -0.25) is 9.59 Å². The summed E-state index contributed by atoms with van der Waals surface area (Å²) in [6, 6.07) is 7.13. The molecule has 2 aliphatic rings. The van der Waals surface area contributed by atoms with Gasteiger partial charge in [0.25, 0.3) is 5.91 Å². The van der Waals surface area contributed by atoms with E-state index < -0.39 is 5.41 Å². The molecule has 0 aromatic heterocycles. The van der Waals surface area contributed by atoms with Crippen molar-refractivity contribution in [1.29, 1.82) is 0 Å². The number of carbonyl (C=O) groups excluding carboxylic acids is 2. The monoisotopic (exact) mass is 400 g/mol. The first-order valence-electron chi connectivity index (χ1n) is 10.5. The summed E-state index contributed by atoms with van der Waals surface area (Å²) in [5, 5.41) is 6.22. The van der Waals surface area contributed by atoms with Crippen LogP contribution < -0.4 is 15.4 Å². The molecule has 1 spiro atoms. The van der Waals surface area contributed by atoms with E-state index in [1.54, 1.807) is 6.07 Å². The lowest BCUT2D eigenvalue weighted by Gasteiger charge is -2.36. The zero-order valence-electron chi connectivity index (χ0n) is 17.4. The van der Waals surface area contributed by atoms with E-state index >= 15 is 0 Å². The van der Waals surface area contributed by atoms with Crippen LogP contribution in [0.5, 0.6) is 5.75 Å². The Morgan fingerprint density at radius 3 is 2.66 bits per heavy atom. The molecule has 0 saturated carbocycles. The molecule has 6 heteroatoms. The lowest BCUT2D eigenvalue weighted by molar-refractivity contribution is -0.137. The van der Waals surface area contributed by atoms with Gasteiger partial charge in [0.1, 0.15) is 12.4 Å². The van der Waals surface area contributed by atoms with Gasteiger partial charge in [0.15, 0.2) is 0 Å². The Hall–Kier alpha value is -2.34. The first-order valence-corrected chi connectivity index (χ1v) is 10.5. The number of amides is 2. The molecule has 3 rings (SSSR count). The quantitative estimate of drug-likeness (QED) is 0.748. The molecule has 1 atom stereocenters. The Bertz CT molecular complexity index is 738. The number of hydrogen-bond acceptors (Lipinski definition) is 4. The Labute approximate surface area is 173 Å². The summed E-state index contributed by atoms with van der Waals surface area (Å²) in [4.78, 5) is 26.0. The number of benzene rings is 1. The molecular weight excluding hydrogens is 368 g/mol. The number of rotatable bonds is 2. The molecule has 1 aromatic rings. The van der Waals surface area contributed by atoms with Crippen LogP contribution in [0.1, 0.15) is 49.9 Å². The lowest BCUT2D eigenvalue weighted by atomic mass is 9.76. The van der Waals surface area contributed by atoms with Crippen molar-refractivity contribution in [3.8, 4) is 5.75 Å². The third kappa shape index (κ3) is 5.60. The van der Waals surface area contributed by atoms with E-state index in [9.17, 15) is 9.59 Å². The van der Waals surface area contributed by atoms with Gasteiger partial charge in [-0.2, -0.15) is 0 Å². The van der Waals surface area contributed by atoms with Gasteiger partial charge in [-0.25, -0.2) is 0 Å². The van der Waals surface area contributed by atoms with E-state index in [1.165, 1.54) is 0 Å². The Morgan fingerprint density at radius 1 is 1.14 bits per heavy atom. The van der Waals surface area contributed by atoms with Crippen molar-refractivity contribution in [3.63, 3.8) is 0 Å². The highest BCUT2D eigenvalue weighted by Gasteiger charge is 2.39. The van der Waals surface area contributed by atoms with E-state index in [4.69, 9.17) is 9.47 Å². The Morgan fingerprint density at radius 2 is 1.90 bits per heavy atom. The van der Waals surface area contributed by atoms with Crippen LogP contribution in [-0.4, -0.2) is 44.2 Å². The van der Waals surface area contributed by atoms with Gasteiger partial charge >= 0.3 is 0 Å². The highest BCUT2D eigenvalue weighted by molar-refractivity contribution is 5.97. The molecule has 2 aliphatic heterocycles. The van der Waals surface area contributed by atoms with Crippen molar-refractivity contribution < 1.29 is 19.1 Å². The number of hydrogen-bond donors (Lipinski definition) is 2. The summed E-state index contributed by atoms with van der Waals surface area (Å²) in [5.74, 6) is 0.836. The zero-order chi connectivity index (χ0) is 20.7. The predicted octanol–water partition coefficient (Wildman–Crippen LogP) is 3.08. The second-order valence-corrected chi connectivity index (χ2v) is 8.39. The van der Waals surface area contributed by atoms with Gasteiger partial charge < -0.3 is 20.1 Å². The van der Waals surface area contributed by atoms with Crippen molar-refractivity contribution in [2.24, 2.45) is 11.3 Å². The van der Waals surface area contributed by atoms with Crippen LogP contribution in [0.2, 0.25) is 0 Å². The van der Waals surface area contributed by atoms with Gasteiger partial charge in [-0.1, -0.05) is 38.1 Å². The average molecular weight is 401 g/mol. The van der Waals surface area contributed by atoms with Crippen LogP contribution >= 0.6 is 0 Å². The minimum absolute atomic E-state index is 0.0590. The molecule has 29 heavy (non-hydrogen) atoms. The number of allylic oxidation sites excluding steroid dienone is 1. The summed E-state index contributed by atoms with van der Waals surface area (Å²) < 4.78 is 11.3. The number of ether oxygens (including phenoxy) is 2. The maximum atomic E-state index is 13.3. The molecule has 1 saturated heterocycles. The average Bonchev–Trinajstić information content (AvgIpc) is 2.71. The predicted molar refractivity (Wildman–Crippen MR) is 112 cm³/mol. The van der Waals surface area contributed by atoms with Crippen LogP contribution in [0.25, 0.3) is 0 Å². The van der Waals surface area contributed by atoms with Crippen molar-refractivity contribution >= 4 is 11.8 Å². The molecule has 158 valence electrons. The molecule has 1 aromatic carbocycles. The third-order valence-electron chi connectivity index (χ3n) is 5.67. The van der Waals surface area contributed by atoms with Crippen LogP contribution in [0, 0.1) is 11.3 Å². The molecule has 0 unspecified atom stereocenters.